The Hall–Kier alpha value is -2.77. The van der Waals surface area contributed by atoms with E-state index < -0.39 is 6.04 Å². The number of allylic oxidation sites excluding steroid dienone is 1. The molecule has 2 N–H and O–H groups in total. The van der Waals surface area contributed by atoms with Gasteiger partial charge in [0.2, 0.25) is 5.91 Å². The van der Waals surface area contributed by atoms with Crippen LogP contribution in [0, 0.1) is 17.7 Å². The summed E-state index contributed by atoms with van der Waals surface area (Å²) >= 11 is 0. The van der Waals surface area contributed by atoms with Crippen molar-refractivity contribution in [2.45, 2.75) is 39.0 Å². The predicted molar refractivity (Wildman–Crippen MR) is 117 cm³/mol. The van der Waals surface area contributed by atoms with Gasteiger partial charge in [-0.05, 0) is 43.3 Å². The first-order valence-electron chi connectivity index (χ1n) is 10.7. The van der Waals surface area contributed by atoms with Crippen molar-refractivity contribution in [3.8, 4) is 0 Å². The molecule has 0 spiro atoms. The van der Waals surface area contributed by atoms with Gasteiger partial charge in [0.25, 0.3) is 5.56 Å². The van der Waals surface area contributed by atoms with Gasteiger partial charge in [-0.2, -0.15) is 0 Å². The molecule has 7 heteroatoms. The molecular weight excluding hydrogens is 397 g/mol. The number of amides is 1. The molecule has 1 aromatic heterocycles. The van der Waals surface area contributed by atoms with E-state index in [1.807, 2.05) is 32.1 Å². The summed E-state index contributed by atoms with van der Waals surface area (Å²) in [6, 6.07) is 9.26. The van der Waals surface area contributed by atoms with Crippen molar-refractivity contribution in [3.05, 3.63) is 75.5 Å². The summed E-state index contributed by atoms with van der Waals surface area (Å²) in [5.74, 6) is -0.760. The summed E-state index contributed by atoms with van der Waals surface area (Å²) in [4.78, 5) is 28.1. The number of aliphatic hydroxyl groups is 1. The quantitative estimate of drug-likeness (QED) is 0.745. The van der Waals surface area contributed by atoms with Crippen molar-refractivity contribution in [1.82, 2.24) is 14.8 Å². The van der Waals surface area contributed by atoms with Crippen LogP contribution in [-0.2, 0) is 17.9 Å². The maximum Gasteiger partial charge on any atom is 0.258 e. The van der Waals surface area contributed by atoms with E-state index in [-0.39, 0.29) is 41.8 Å². The minimum Gasteiger partial charge on any atom is -0.396 e. The Bertz CT molecular complexity index is 1050. The summed E-state index contributed by atoms with van der Waals surface area (Å²) < 4.78 is 14.9. The lowest BCUT2D eigenvalue weighted by Crippen LogP contribution is -2.48. The Morgan fingerprint density at radius 1 is 1.26 bits per heavy atom. The molecule has 164 valence electrons. The van der Waals surface area contributed by atoms with Crippen LogP contribution in [0.4, 0.5) is 4.39 Å². The number of aliphatic hydroxyl groups excluding tert-OH is 1. The van der Waals surface area contributed by atoms with E-state index in [0.29, 0.717) is 25.2 Å². The van der Waals surface area contributed by atoms with Crippen molar-refractivity contribution in [2.24, 2.45) is 11.8 Å². The van der Waals surface area contributed by atoms with Gasteiger partial charge >= 0.3 is 0 Å². The summed E-state index contributed by atoms with van der Waals surface area (Å²) in [7, 11) is 0. The number of likely N-dealkylation sites (tertiary alicyclic amines) is 1. The second-order valence-electron chi connectivity index (χ2n) is 8.20. The number of aromatic nitrogens is 1. The number of nitrogens with zero attached hydrogens (tertiary/aromatic N) is 2. The molecule has 0 bridgehead atoms. The smallest absolute Gasteiger partial charge is 0.258 e. The summed E-state index contributed by atoms with van der Waals surface area (Å²) in [6.07, 6.45) is 3.65. The third kappa shape index (κ3) is 3.72. The van der Waals surface area contributed by atoms with Gasteiger partial charge in [-0.1, -0.05) is 31.2 Å². The highest BCUT2D eigenvalue weighted by atomic mass is 19.1. The van der Waals surface area contributed by atoms with Crippen LogP contribution in [0.1, 0.15) is 36.7 Å². The highest BCUT2D eigenvalue weighted by molar-refractivity contribution is 5.82. The van der Waals surface area contributed by atoms with Crippen LogP contribution < -0.4 is 10.9 Å². The third-order valence-electron chi connectivity index (χ3n) is 6.58. The second kappa shape index (κ2) is 8.77. The van der Waals surface area contributed by atoms with Crippen molar-refractivity contribution < 1.29 is 14.3 Å². The number of hydrogen-bond donors (Lipinski definition) is 2. The fourth-order valence-corrected chi connectivity index (χ4v) is 5.20. The molecule has 1 amide bonds. The lowest BCUT2D eigenvalue weighted by Gasteiger charge is -2.29. The Kier molecular flexibility index (Phi) is 6.07. The molecule has 2 aromatic rings. The summed E-state index contributed by atoms with van der Waals surface area (Å²) in [5, 5.41) is 13.1. The molecule has 4 atom stereocenters. The minimum atomic E-state index is -0.482. The van der Waals surface area contributed by atoms with Crippen molar-refractivity contribution in [3.63, 3.8) is 0 Å². The molecule has 0 unspecified atom stereocenters. The van der Waals surface area contributed by atoms with Crippen LogP contribution in [0.2, 0.25) is 0 Å². The highest BCUT2D eigenvalue weighted by Crippen LogP contribution is 2.48. The molecule has 6 nitrogen and oxygen atoms in total. The van der Waals surface area contributed by atoms with E-state index in [1.165, 1.54) is 12.1 Å². The molecule has 1 fully saturated rings. The monoisotopic (exact) mass is 425 g/mol. The summed E-state index contributed by atoms with van der Waals surface area (Å²) in [6.45, 7) is 5.15. The van der Waals surface area contributed by atoms with Crippen LogP contribution in [0.25, 0.3) is 6.08 Å². The van der Waals surface area contributed by atoms with E-state index in [4.69, 9.17) is 0 Å². The minimum absolute atomic E-state index is 0.0138. The van der Waals surface area contributed by atoms with Crippen molar-refractivity contribution in [2.75, 3.05) is 13.2 Å². The molecule has 0 aliphatic carbocycles. The number of carbonyl (C=O) groups excluding carboxylic acids is 1. The number of rotatable bonds is 6. The topological polar surface area (TPSA) is 74.6 Å². The Morgan fingerprint density at radius 3 is 2.65 bits per heavy atom. The van der Waals surface area contributed by atoms with E-state index >= 15 is 0 Å². The Labute approximate surface area is 181 Å². The van der Waals surface area contributed by atoms with Crippen LogP contribution in [0.3, 0.4) is 0 Å². The van der Waals surface area contributed by atoms with Crippen LogP contribution in [-0.4, -0.2) is 39.7 Å². The van der Waals surface area contributed by atoms with E-state index in [0.717, 1.165) is 11.3 Å². The molecule has 1 aromatic carbocycles. The average Bonchev–Trinajstić information content (AvgIpc) is 3.29. The maximum absolute atomic E-state index is 13.2. The van der Waals surface area contributed by atoms with Gasteiger partial charge in [0.1, 0.15) is 5.82 Å². The molecular formula is C24H28FN3O3. The molecule has 31 heavy (non-hydrogen) atoms. The van der Waals surface area contributed by atoms with Crippen molar-refractivity contribution in [1.29, 1.82) is 0 Å². The van der Waals surface area contributed by atoms with Gasteiger partial charge in [-0.3, -0.25) is 14.5 Å². The zero-order valence-corrected chi connectivity index (χ0v) is 17.8. The molecule has 0 radical (unpaired) electrons. The fourth-order valence-electron chi connectivity index (χ4n) is 5.20. The number of halogens is 1. The van der Waals surface area contributed by atoms with Gasteiger partial charge < -0.3 is 15.0 Å². The molecule has 4 rings (SSSR count). The van der Waals surface area contributed by atoms with Crippen LogP contribution in [0.15, 0.2) is 47.3 Å². The SMILES string of the molecule is C/C=C\c1ccc2n(c1=O)C[C@H]1[C@H](CO)[C@@H](C(=O)NCc3ccc(F)cc3)N(CC)[C@@H]21. The first-order chi connectivity index (χ1) is 15.0. The van der Waals surface area contributed by atoms with Crippen molar-refractivity contribution >= 4 is 12.0 Å². The molecule has 3 heterocycles. The Morgan fingerprint density at radius 2 is 2.00 bits per heavy atom. The lowest BCUT2D eigenvalue weighted by atomic mass is 9.88. The van der Waals surface area contributed by atoms with Gasteiger partial charge in [0, 0.05) is 42.8 Å². The lowest BCUT2D eigenvalue weighted by molar-refractivity contribution is -0.127. The largest absolute Gasteiger partial charge is 0.396 e. The maximum atomic E-state index is 13.2. The molecule has 2 aliphatic rings. The highest BCUT2D eigenvalue weighted by Gasteiger charge is 2.54. The van der Waals surface area contributed by atoms with E-state index in [1.54, 1.807) is 22.8 Å². The Balaban J connectivity index is 1.60. The zero-order valence-electron chi connectivity index (χ0n) is 17.8. The van der Waals surface area contributed by atoms with Gasteiger partial charge in [0.05, 0.1) is 12.1 Å². The van der Waals surface area contributed by atoms with Gasteiger partial charge in [-0.15, -0.1) is 0 Å². The third-order valence-corrected chi connectivity index (χ3v) is 6.58. The standard InChI is InChI=1S/C24H28FN3O3/c1-3-5-16-8-11-20-21-18(13-28(20)24(16)31)19(14-29)22(27(21)4-2)23(30)26-12-15-6-9-17(25)10-7-15/h3,5-11,18-19,21-22,29H,4,12-14H2,1-2H3,(H,26,30)/b5-3-/t18-,19-,21+,22-/m0/s1. The fraction of sp³-hybridized carbons (Fsp3) is 0.417. The number of carbonyl (C=O) groups is 1. The number of pyridine rings is 1. The average molecular weight is 426 g/mol. The summed E-state index contributed by atoms with van der Waals surface area (Å²) in [5.41, 5.74) is 2.32. The molecule has 0 saturated carbocycles. The van der Waals surface area contributed by atoms with E-state index in [2.05, 4.69) is 10.2 Å². The van der Waals surface area contributed by atoms with E-state index in [9.17, 15) is 19.1 Å². The normalized spacial score (nSPS) is 25.0. The molecule has 2 aliphatic heterocycles. The molecule has 1 saturated heterocycles. The number of fused-ring (bicyclic) bond motifs is 3. The number of benzene rings is 1. The van der Waals surface area contributed by atoms with Crippen LogP contribution >= 0.6 is 0 Å². The number of likely N-dealkylation sites (N-methyl/N-ethyl adjacent to an activating group) is 1. The zero-order chi connectivity index (χ0) is 22.1. The number of hydrogen-bond acceptors (Lipinski definition) is 4. The van der Waals surface area contributed by atoms with Gasteiger partial charge in [0.15, 0.2) is 0 Å². The predicted octanol–water partition coefficient (Wildman–Crippen LogP) is 2.32. The first kappa shape index (κ1) is 21.5. The first-order valence-corrected chi connectivity index (χ1v) is 10.7. The van der Waals surface area contributed by atoms with Crippen LogP contribution in [0.5, 0.6) is 0 Å². The number of nitrogens with one attached hydrogen (secondary N) is 1. The second-order valence-corrected chi connectivity index (χ2v) is 8.20. The van der Waals surface area contributed by atoms with Gasteiger partial charge in [-0.25, -0.2) is 4.39 Å².